The molecule has 0 saturated carbocycles. The van der Waals surface area contributed by atoms with Gasteiger partial charge in [-0.15, -0.1) is 11.3 Å². The summed E-state index contributed by atoms with van der Waals surface area (Å²) in [4.78, 5) is 23.8. The smallest absolute Gasteiger partial charge is 0.332 e. The Morgan fingerprint density at radius 1 is 1.40 bits per heavy atom. The number of aliphatic carboxylic acids is 1. The molecular formula is C13H14N2O4S. The zero-order valence-electron chi connectivity index (χ0n) is 11.1. The molecule has 20 heavy (non-hydrogen) atoms. The Balaban J connectivity index is 2.08. The van der Waals surface area contributed by atoms with Crippen LogP contribution in [0.5, 0.6) is 0 Å². The summed E-state index contributed by atoms with van der Waals surface area (Å²) in [6, 6.07) is 2.07. The van der Waals surface area contributed by atoms with Gasteiger partial charge in [-0.25, -0.2) is 4.79 Å². The van der Waals surface area contributed by atoms with E-state index in [9.17, 15) is 9.59 Å². The van der Waals surface area contributed by atoms with Crippen molar-refractivity contribution >= 4 is 28.2 Å². The van der Waals surface area contributed by atoms with Gasteiger partial charge in [0.25, 0.3) is 5.91 Å². The number of amides is 1. The lowest BCUT2D eigenvalue weighted by Crippen LogP contribution is -2.29. The number of hydrogen-bond acceptors (Lipinski definition) is 5. The normalized spacial score (nSPS) is 21.4. The third-order valence-electron chi connectivity index (χ3n) is 3.32. The zero-order chi connectivity index (χ0) is 14.9. The molecule has 6 nitrogen and oxygen atoms in total. The molecule has 0 aliphatic carbocycles. The van der Waals surface area contributed by atoms with Crippen molar-refractivity contribution in [2.75, 3.05) is 5.32 Å². The molecular weight excluding hydrogens is 280 g/mol. The molecule has 1 aromatic heterocycles. The van der Waals surface area contributed by atoms with Gasteiger partial charge in [0.05, 0.1) is 5.56 Å². The molecule has 0 aromatic carbocycles. The van der Waals surface area contributed by atoms with Gasteiger partial charge >= 0.3 is 5.97 Å². The summed E-state index contributed by atoms with van der Waals surface area (Å²) < 4.78 is 5.18. The van der Waals surface area contributed by atoms with Crippen LogP contribution in [0.3, 0.4) is 0 Å². The number of thiophene rings is 1. The van der Waals surface area contributed by atoms with Crippen molar-refractivity contribution in [1.29, 1.82) is 5.26 Å². The molecule has 1 fully saturated rings. The van der Waals surface area contributed by atoms with E-state index in [1.807, 2.05) is 13.8 Å². The van der Waals surface area contributed by atoms with Crippen LogP contribution in [-0.2, 0) is 14.3 Å². The van der Waals surface area contributed by atoms with Crippen LogP contribution in [0.25, 0.3) is 0 Å². The quantitative estimate of drug-likeness (QED) is 0.885. The van der Waals surface area contributed by atoms with Crippen molar-refractivity contribution < 1.29 is 19.4 Å². The maximum Gasteiger partial charge on any atom is 0.332 e. The molecule has 1 aliphatic rings. The molecule has 2 rings (SSSR count). The van der Waals surface area contributed by atoms with Crippen molar-refractivity contribution in [3.05, 3.63) is 16.0 Å². The fraction of sp³-hybridized carbons (Fsp3) is 0.462. The number of hydrogen-bond donors (Lipinski definition) is 2. The summed E-state index contributed by atoms with van der Waals surface area (Å²) in [5, 5.41) is 21.1. The molecule has 0 unspecified atom stereocenters. The van der Waals surface area contributed by atoms with Crippen molar-refractivity contribution in [2.24, 2.45) is 0 Å². The first-order valence-corrected chi connectivity index (χ1v) is 6.95. The van der Waals surface area contributed by atoms with E-state index in [1.54, 1.807) is 0 Å². The molecule has 0 bridgehead atoms. The number of carbonyl (C=O) groups excluding carboxylic acids is 1. The zero-order valence-corrected chi connectivity index (χ0v) is 11.9. The summed E-state index contributed by atoms with van der Waals surface area (Å²) in [6.07, 6.45) is -1.01. The standard InChI is InChI=1S/C13H14N2O4S/c1-6-7(2)20-12(8(6)5-14)15-11(16)9-3-4-10(19-9)13(17)18/h9-10H,3-4H2,1-2H3,(H,15,16)(H,17,18)/t9-,10+/m0/s1. The van der Waals surface area contributed by atoms with E-state index in [0.717, 1.165) is 10.4 Å². The number of carboxylic acids is 1. The summed E-state index contributed by atoms with van der Waals surface area (Å²) >= 11 is 1.33. The average molecular weight is 294 g/mol. The van der Waals surface area contributed by atoms with Gasteiger partial charge in [0, 0.05) is 4.88 Å². The lowest BCUT2D eigenvalue weighted by atomic mass is 10.1. The summed E-state index contributed by atoms with van der Waals surface area (Å²) in [7, 11) is 0. The number of nitrogens with zero attached hydrogens (tertiary/aromatic N) is 1. The van der Waals surface area contributed by atoms with Crippen LogP contribution in [0, 0.1) is 25.2 Å². The van der Waals surface area contributed by atoms with Crippen LogP contribution < -0.4 is 5.32 Å². The maximum atomic E-state index is 12.0. The minimum atomic E-state index is -1.05. The van der Waals surface area contributed by atoms with Gasteiger partial charge in [-0.3, -0.25) is 4.79 Å². The largest absolute Gasteiger partial charge is 0.479 e. The monoisotopic (exact) mass is 294 g/mol. The Morgan fingerprint density at radius 3 is 2.60 bits per heavy atom. The summed E-state index contributed by atoms with van der Waals surface area (Å²) in [5.74, 6) is -1.45. The van der Waals surface area contributed by atoms with E-state index < -0.39 is 24.1 Å². The van der Waals surface area contributed by atoms with E-state index in [-0.39, 0.29) is 0 Å². The number of carboxylic acid groups (broad SMARTS) is 1. The fourth-order valence-corrected chi connectivity index (χ4v) is 3.07. The van der Waals surface area contributed by atoms with Gasteiger partial charge in [0.1, 0.15) is 17.2 Å². The van der Waals surface area contributed by atoms with E-state index in [4.69, 9.17) is 15.1 Å². The number of rotatable bonds is 3. The first-order valence-electron chi connectivity index (χ1n) is 6.13. The first kappa shape index (κ1) is 14.5. The van der Waals surface area contributed by atoms with E-state index >= 15 is 0 Å². The Kier molecular flexibility index (Phi) is 4.06. The number of anilines is 1. The third kappa shape index (κ3) is 2.66. The average Bonchev–Trinajstić information content (AvgIpc) is 2.96. The second-order valence-corrected chi connectivity index (χ2v) is 5.84. The molecule has 2 heterocycles. The number of ether oxygens (including phenoxy) is 1. The van der Waals surface area contributed by atoms with Crippen molar-refractivity contribution in [3.63, 3.8) is 0 Å². The fourth-order valence-electron chi connectivity index (χ4n) is 2.05. The Bertz CT molecular complexity index is 602. The molecule has 1 amide bonds. The minimum absolute atomic E-state index is 0.320. The topological polar surface area (TPSA) is 99.4 Å². The Labute approximate surface area is 120 Å². The second kappa shape index (κ2) is 5.61. The summed E-state index contributed by atoms with van der Waals surface area (Å²) in [6.45, 7) is 3.70. The number of aryl methyl sites for hydroxylation is 1. The molecule has 2 atom stereocenters. The Morgan fingerprint density at radius 2 is 2.05 bits per heavy atom. The maximum absolute atomic E-state index is 12.0. The molecule has 2 N–H and O–H groups in total. The van der Waals surface area contributed by atoms with Crippen LogP contribution in [0.1, 0.15) is 28.8 Å². The van der Waals surface area contributed by atoms with Crippen molar-refractivity contribution in [1.82, 2.24) is 0 Å². The van der Waals surface area contributed by atoms with Gasteiger partial charge < -0.3 is 15.2 Å². The predicted octanol–water partition coefficient (Wildman–Crippen LogP) is 1.81. The van der Waals surface area contributed by atoms with Gasteiger partial charge in [-0.2, -0.15) is 5.26 Å². The van der Waals surface area contributed by atoms with Gasteiger partial charge in [0.2, 0.25) is 0 Å². The number of carbonyl (C=O) groups is 2. The SMILES string of the molecule is Cc1sc(NC(=O)[C@@H]2CC[C@H](C(=O)O)O2)c(C#N)c1C. The van der Waals surface area contributed by atoms with Crippen molar-refractivity contribution in [2.45, 2.75) is 38.9 Å². The number of nitriles is 1. The molecule has 0 radical (unpaired) electrons. The second-order valence-electron chi connectivity index (χ2n) is 4.62. The highest BCUT2D eigenvalue weighted by Crippen LogP contribution is 2.32. The highest BCUT2D eigenvalue weighted by Gasteiger charge is 2.35. The highest BCUT2D eigenvalue weighted by atomic mass is 32.1. The molecule has 1 aliphatic heterocycles. The van der Waals surface area contributed by atoms with E-state index in [2.05, 4.69) is 11.4 Å². The predicted molar refractivity (Wildman–Crippen MR) is 72.7 cm³/mol. The molecule has 1 aromatic rings. The van der Waals surface area contributed by atoms with Gasteiger partial charge in [0.15, 0.2) is 6.10 Å². The molecule has 7 heteroatoms. The molecule has 1 saturated heterocycles. The van der Waals surface area contributed by atoms with Crippen LogP contribution in [0.2, 0.25) is 0 Å². The van der Waals surface area contributed by atoms with E-state index in [1.165, 1.54) is 11.3 Å². The van der Waals surface area contributed by atoms with Crippen LogP contribution >= 0.6 is 11.3 Å². The lowest BCUT2D eigenvalue weighted by molar-refractivity contribution is -0.150. The van der Waals surface area contributed by atoms with Crippen LogP contribution in [-0.4, -0.2) is 29.2 Å². The lowest BCUT2D eigenvalue weighted by Gasteiger charge is -2.10. The Hall–Kier alpha value is -1.91. The molecule has 0 spiro atoms. The van der Waals surface area contributed by atoms with Crippen molar-refractivity contribution in [3.8, 4) is 6.07 Å². The van der Waals surface area contributed by atoms with E-state index in [0.29, 0.717) is 23.4 Å². The van der Waals surface area contributed by atoms with Gasteiger partial charge in [-0.1, -0.05) is 0 Å². The van der Waals surface area contributed by atoms with Crippen LogP contribution in [0.15, 0.2) is 0 Å². The van der Waals surface area contributed by atoms with Crippen LogP contribution in [0.4, 0.5) is 5.00 Å². The molecule has 106 valence electrons. The van der Waals surface area contributed by atoms with Gasteiger partial charge in [-0.05, 0) is 32.3 Å². The first-order chi connectivity index (χ1) is 9.43. The summed E-state index contributed by atoms with van der Waals surface area (Å²) in [5.41, 5.74) is 1.30. The third-order valence-corrected chi connectivity index (χ3v) is 4.44. The number of nitrogens with one attached hydrogen (secondary N) is 1. The highest BCUT2D eigenvalue weighted by molar-refractivity contribution is 7.16. The minimum Gasteiger partial charge on any atom is -0.479 e.